The van der Waals surface area contributed by atoms with E-state index in [9.17, 15) is 9.59 Å². The highest BCUT2D eigenvalue weighted by atomic mass is 35.5. The molecule has 0 spiro atoms. The van der Waals surface area contributed by atoms with Gasteiger partial charge in [0.15, 0.2) is 47.8 Å². The van der Waals surface area contributed by atoms with Crippen molar-refractivity contribution < 1.29 is 62.5 Å². The molecule has 0 saturated carbocycles. The summed E-state index contributed by atoms with van der Waals surface area (Å²) in [7, 11) is 9.94. The second-order valence-electron chi connectivity index (χ2n) is 12.1. The number of benzene rings is 2. The maximum absolute atomic E-state index is 12.3. The van der Waals surface area contributed by atoms with Gasteiger partial charge in [0.25, 0.3) is 0 Å². The number of aryl methyl sites for hydroxylation is 2. The molecule has 4 rings (SSSR count). The van der Waals surface area contributed by atoms with Crippen molar-refractivity contribution in [3.8, 4) is 23.0 Å². The van der Waals surface area contributed by atoms with Crippen LogP contribution < -0.4 is 63.5 Å². The molecule has 0 saturated heterocycles. The van der Waals surface area contributed by atoms with Gasteiger partial charge in [0.05, 0.1) is 28.4 Å². The average molecular weight is 844 g/mol. The lowest BCUT2D eigenvalue weighted by Gasteiger charge is -2.09. The Balaban J connectivity index is 0.00000541. The third-order valence-electron chi connectivity index (χ3n) is 8.35. The molecule has 0 unspecified atom stereocenters. The summed E-state index contributed by atoms with van der Waals surface area (Å²) in [6, 6.07) is 19.8. The summed E-state index contributed by atoms with van der Waals surface area (Å²) >= 11 is 0. The van der Waals surface area contributed by atoms with Gasteiger partial charge < -0.3 is 54.4 Å². The van der Waals surface area contributed by atoms with Gasteiger partial charge in [-0.1, -0.05) is 70.2 Å². The number of nitrogens with one attached hydrogen (secondary N) is 2. The van der Waals surface area contributed by atoms with Gasteiger partial charge in [-0.25, -0.2) is 9.13 Å². The molecule has 0 atom stereocenters. The van der Waals surface area contributed by atoms with Crippen molar-refractivity contribution in [2.24, 2.45) is 0 Å². The van der Waals surface area contributed by atoms with Crippen LogP contribution in [-0.4, -0.2) is 64.8 Å². The molecule has 10 nitrogen and oxygen atoms in total. The molecule has 0 bridgehead atoms. The first-order valence-electron chi connectivity index (χ1n) is 18.0. The number of hydrogen-bond acceptors (Lipinski definition) is 8. The summed E-state index contributed by atoms with van der Waals surface area (Å²) in [4.78, 5) is 24.6. The van der Waals surface area contributed by atoms with Gasteiger partial charge in [-0.3, -0.25) is 9.59 Å². The molecule has 2 amide bonds. The van der Waals surface area contributed by atoms with Gasteiger partial charge in [0, 0.05) is 85.7 Å². The van der Waals surface area contributed by atoms with Crippen LogP contribution in [0.15, 0.2) is 85.5 Å². The normalized spacial score (nSPS) is 10.7. The zero-order valence-electron chi connectivity index (χ0n) is 32.4. The fraction of sp³-hybridized carbons (Fsp3) is 0.333. The largest absolute Gasteiger partial charge is 1.00 e. The topological polar surface area (TPSA) is 103 Å². The maximum Gasteiger partial charge on any atom is 0.220 e. The Morgan fingerprint density at radius 3 is 1.32 bits per heavy atom. The average Bonchev–Trinajstić information content (AvgIpc) is 3.20. The van der Waals surface area contributed by atoms with E-state index >= 15 is 0 Å². The van der Waals surface area contributed by atoms with Crippen molar-refractivity contribution >= 4 is 57.7 Å². The minimum Gasteiger partial charge on any atom is -1.00 e. The number of ether oxygens (including phenoxy) is 4. The molecular formula is C42H52Cl2N4O6S2. The summed E-state index contributed by atoms with van der Waals surface area (Å²) in [6.45, 7) is 2.79. The molecule has 56 heavy (non-hydrogen) atoms. The second-order valence-corrected chi connectivity index (χ2v) is 14.8. The number of pyridine rings is 2. The molecule has 0 aliphatic rings. The molecule has 0 aliphatic carbocycles. The quantitative estimate of drug-likeness (QED) is 0.0634. The van der Waals surface area contributed by atoms with E-state index in [1.165, 1.54) is 0 Å². The van der Waals surface area contributed by atoms with E-state index < -0.39 is 0 Å². The Labute approximate surface area is 351 Å². The van der Waals surface area contributed by atoms with E-state index in [1.807, 2.05) is 110 Å². The first-order chi connectivity index (χ1) is 26.4. The third-order valence-corrected chi connectivity index (χ3v) is 10.8. The molecule has 2 heterocycles. The van der Waals surface area contributed by atoms with E-state index in [4.69, 9.17) is 18.9 Å². The van der Waals surface area contributed by atoms with Crippen LogP contribution in [0.5, 0.6) is 23.0 Å². The molecule has 2 aromatic heterocycles. The lowest BCUT2D eigenvalue weighted by Crippen LogP contribution is -3.00. The maximum atomic E-state index is 12.3. The van der Waals surface area contributed by atoms with Gasteiger partial charge in [-0.15, -0.1) is 0 Å². The van der Waals surface area contributed by atoms with E-state index in [1.54, 1.807) is 50.0 Å². The zero-order valence-corrected chi connectivity index (χ0v) is 35.5. The second kappa shape index (κ2) is 27.3. The van der Waals surface area contributed by atoms with Crippen molar-refractivity contribution in [1.29, 1.82) is 0 Å². The van der Waals surface area contributed by atoms with Crippen LogP contribution in [0.4, 0.5) is 0 Å². The third kappa shape index (κ3) is 16.4. The van der Waals surface area contributed by atoms with Gasteiger partial charge in [0.2, 0.25) is 11.8 Å². The lowest BCUT2D eigenvalue weighted by atomic mass is 10.1. The predicted molar refractivity (Wildman–Crippen MR) is 220 cm³/mol. The van der Waals surface area contributed by atoms with E-state index in [2.05, 4.69) is 19.8 Å². The summed E-state index contributed by atoms with van der Waals surface area (Å²) in [5, 5.41) is 6.01. The molecule has 302 valence electrons. The standard InChI is InChI=1S/C42H50N4O6S2.2ClH/c1-49-37-11-5-9-35(41(37)51-3)17-15-33-19-27-45(28-20-33)25-7-13-39(47)43-23-31-53-54-32-24-44-40(48)14-8-26-46-29-21-34(22-30-46)16-18-36-10-6-12-38(50-2)42(36)52-4;;/h5-6,9-12,15-22,27-30H,7-8,13-14,23-26,31-32H2,1-4H3;2*1H/b17-15+,18-16+;;. The fourth-order valence-electron chi connectivity index (χ4n) is 5.52. The Kier molecular flexibility index (Phi) is 23.3. The van der Waals surface area contributed by atoms with E-state index in [-0.39, 0.29) is 36.6 Å². The summed E-state index contributed by atoms with van der Waals surface area (Å²) in [5.41, 5.74) is 4.02. The number of rotatable bonds is 23. The highest BCUT2D eigenvalue weighted by molar-refractivity contribution is 8.76. The smallest absolute Gasteiger partial charge is 0.220 e. The first-order valence-corrected chi connectivity index (χ1v) is 20.5. The van der Waals surface area contributed by atoms with Gasteiger partial charge in [-0.2, -0.15) is 0 Å². The molecule has 2 aromatic carbocycles. The number of nitrogens with zero attached hydrogens (tertiary/aromatic N) is 2. The van der Waals surface area contributed by atoms with Crippen LogP contribution in [0.3, 0.4) is 0 Å². The predicted octanol–water partition coefficient (Wildman–Crippen LogP) is 0.519. The monoisotopic (exact) mass is 842 g/mol. The molecule has 4 aromatic rings. The fourth-order valence-corrected chi connectivity index (χ4v) is 7.33. The Morgan fingerprint density at radius 2 is 0.964 bits per heavy atom. The van der Waals surface area contributed by atoms with Crippen LogP contribution >= 0.6 is 21.6 Å². The summed E-state index contributed by atoms with van der Waals surface area (Å²) < 4.78 is 25.9. The van der Waals surface area contributed by atoms with Gasteiger partial charge in [-0.05, 0) is 23.3 Å². The van der Waals surface area contributed by atoms with Gasteiger partial charge in [0.1, 0.15) is 13.1 Å². The van der Waals surface area contributed by atoms with Gasteiger partial charge >= 0.3 is 0 Å². The summed E-state index contributed by atoms with van der Waals surface area (Å²) in [5.74, 6) is 4.58. The van der Waals surface area contributed by atoms with Crippen molar-refractivity contribution in [1.82, 2.24) is 10.6 Å². The number of para-hydroxylation sites is 2. The minimum atomic E-state index is 0. The number of carbonyl (C=O) groups excluding carboxylic acids is 2. The molecule has 14 heteroatoms. The highest BCUT2D eigenvalue weighted by Crippen LogP contribution is 2.33. The zero-order chi connectivity index (χ0) is 38.4. The molecule has 0 fully saturated rings. The lowest BCUT2D eigenvalue weighted by molar-refractivity contribution is -0.697. The van der Waals surface area contributed by atoms with E-state index in [0.717, 1.165) is 59.7 Å². The Bertz CT molecular complexity index is 1700. The highest BCUT2D eigenvalue weighted by Gasteiger charge is 2.10. The number of amides is 2. The van der Waals surface area contributed by atoms with Crippen molar-refractivity contribution in [2.45, 2.75) is 38.8 Å². The van der Waals surface area contributed by atoms with Crippen LogP contribution in [0, 0.1) is 0 Å². The summed E-state index contributed by atoms with van der Waals surface area (Å²) in [6.07, 6.45) is 18.7. The molecular weight excluding hydrogens is 792 g/mol. The number of aromatic nitrogens is 2. The molecule has 0 aliphatic heterocycles. The van der Waals surface area contributed by atoms with Crippen LogP contribution in [0.25, 0.3) is 24.3 Å². The van der Waals surface area contributed by atoms with E-state index in [0.29, 0.717) is 48.9 Å². The number of carbonyl (C=O) groups is 2. The van der Waals surface area contributed by atoms with Crippen LogP contribution in [0.2, 0.25) is 0 Å². The minimum absolute atomic E-state index is 0. The number of halogens is 2. The van der Waals surface area contributed by atoms with Crippen LogP contribution in [-0.2, 0) is 22.7 Å². The van der Waals surface area contributed by atoms with Crippen LogP contribution in [0.1, 0.15) is 47.9 Å². The molecule has 2 N–H and O–H groups in total. The Hall–Kier alpha value is -4.36. The Morgan fingerprint density at radius 1 is 0.571 bits per heavy atom. The van der Waals surface area contributed by atoms with Crippen molar-refractivity contribution in [2.75, 3.05) is 53.0 Å². The number of hydrogen-bond donors (Lipinski definition) is 2. The van der Waals surface area contributed by atoms with Crippen molar-refractivity contribution in [3.63, 3.8) is 0 Å². The van der Waals surface area contributed by atoms with Crippen molar-refractivity contribution in [3.05, 3.63) is 108 Å². The number of methoxy groups -OCH3 is 4. The SMILES string of the molecule is COc1cccc(/C=C/c2cc[n+](CCCC(=O)NCCSSCCNC(=O)CCC[n+]3ccc(/C=C/c4cccc(OC)c4OC)cc3)cc2)c1OC.[Cl-].[Cl-]. The first kappa shape index (κ1) is 47.8. The molecule has 0 radical (unpaired) electrons.